The molecule has 0 saturated carbocycles. The van der Waals surface area contributed by atoms with Crippen molar-refractivity contribution in [3.63, 3.8) is 0 Å². The molecular weight excluding hydrogens is 228 g/mol. The van der Waals surface area contributed by atoms with Gasteiger partial charge in [-0.1, -0.05) is 26.0 Å². The van der Waals surface area contributed by atoms with Crippen LogP contribution in [0.2, 0.25) is 0 Å². The molecule has 1 aromatic carbocycles. The number of anilines is 1. The lowest BCUT2D eigenvalue weighted by Gasteiger charge is -2.06. The van der Waals surface area contributed by atoms with Crippen LogP contribution in [0.5, 0.6) is 0 Å². The Morgan fingerprint density at radius 3 is 2.28 bits per heavy atom. The Morgan fingerprint density at radius 1 is 1.06 bits per heavy atom. The summed E-state index contributed by atoms with van der Waals surface area (Å²) >= 11 is 0. The second-order valence-corrected chi connectivity index (χ2v) is 4.13. The Kier molecular flexibility index (Phi) is 5.91. The lowest BCUT2D eigenvalue weighted by molar-refractivity contribution is -0.126. The minimum absolute atomic E-state index is 0.129. The Balaban J connectivity index is 2.41. The van der Waals surface area contributed by atoms with Crippen molar-refractivity contribution in [3.8, 4) is 0 Å². The third kappa shape index (κ3) is 4.99. The van der Waals surface area contributed by atoms with Crippen LogP contribution in [0.4, 0.5) is 5.69 Å². The van der Waals surface area contributed by atoms with Crippen LogP contribution in [-0.4, -0.2) is 18.4 Å². The van der Waals surface area contributed by atoms with E-state index in [0.717, 1.165) is 18.5 Å². The quantitative estimate of drug-likeness (QED) is 0.757. The van der Waals surface area contributed by atoms with Crippen molar-refractivity contribution in [2.45, 2.75) is 33.1 Å². The number of carbonyl (C=O) groups excluding carboxylic acids is 2. The molecule has 0 aliphatic heterocycles. The molecule has 0 heterocycles. The minimum atomic E-state index is -0.284. The summed E-state index contributed by atoms with van der Waals surface area (Å²) < 4.78 is 0. The molecular formula is C14H20N2O2. The van der Waals surface area contributed by atoms with Crippen LogP contribution in [0, 0.1) is 0 Å². The molecule has 98 valence electrons. The fraction of sp³-hybridized carbons (Fsp3) is 0.429. The van der Waals surface area contributed by atoms with E-state index in [4.69, 9.17) is 0 Å². The highest BCUT2D eigenvalue weighted by Crippen LogP contribution is 2.10. The van der Waals surface area contributed by atoms with E-state index >= 15 is 0 Å². The van der Waals surface area contributed by atoms with Crippen LogP contribution in [0.1, 0.15) is 32.3 Å². The van der Waals surface area contributed by atoms with Crippen LogP contribution in [0.3, 0.4) is 0 Å². The van der Waals surface area contributed by atoms with E-state index in [9.17, 15) is 9.59 Å². The number of amides is 2. The summed E-state index contributed by atoms with van der Waals surface area (Å²) in [6, 6.07) is 7.63. The molecule has 0 aliphatic carbocycles. The van der Waals surface area contributed by atoms with Crippen LogP contribution in [0.25, 0.3) is 0 Å². The molecule has 1 rings (SSSR count). The Hall–Kier alpha value is -1.84. The molecule has 0 fully saturated rings. The summed E-state index contributed by atoms with van der Waals surface area (Å²) in [6.45, 7) is 4.65. The average molecular weight is 248 g/mol. The van der Waals surface area contributed by atoms with E-state index in [1.165, 1.54) is 5.56 Å². The van der Waals surface area contributed by atoms with Crippen molar-refractivity contribution in [2.24, 2.45) is 0 Å². The zero-order valence-corrected chi connectivity index (χ0v) is 11.0. The lowest BCUT2D eigenvalue weighted by atomic mass is 10.1. The second kappa shape index (κ2) is 7.48. The molecule has 0 radical (unpaired) electrons. The molecule has 0 aromatic heterocycles. The summed E-state index contributed by atoms with van der Waals surface area (Å²) in [7, 11) is 0. The van der Waals surface area contributed by atoms with E-state index in [0.29, 0.717) is 6.54 Å². The first-order chi connectivity index (χ1) is 8.65. The molecule has 2 N–H and O–H groups in total. The van der Waals surface area contributed by atoms with Gasteiger partial charge in [-0.3, -0.25) is 9.59 Å². The molecule has 0 unspecified atom stereocenters. The van der Waals surface area contributed by atoms with E-state index in [2.05, 4.69) is 17.6 Å². The maximum absolute atomic E-state index is 11.6. The maximum atomic E-state index is 11.6. The van der Waals surface area contributed by atoms with Crippen molar-refractivity contribution in [1.82, 2.24) is 5.32 Å². The predicted molar refractivity (Wildman–Crippen MR) is 72.4 cm³/mol. The lowest BCUT2D eigenvalue weighted by Crippen LogP contribution is -2.28. The van der Waals surface area contributed by atoms with Gasteiger partial charge in [0.1, 0.15) is 6.42 Å². The van der Waals surface area contributed by atoms with E-state index < -0.39 is 0 Å². The topological polar surface area (TPSA) is 58.2 Å². The monoisotopic (exact) mass is 248 g/mol. The highest BCUT2D eigenvalue weighted by atomic mass is 16.2. The molecule has 2 amide bonds. The third-order valence-corrected chi connectivity index (χ3v) is 2.54. The van der Waals surface area contributed by atoms with Crippen molar-refractivity contribution in [1.29, 1.82) is 0 Å². The molecule has 4 nitrogen and oxygen atoms in total. The Labute approximate surface area is 108 Å². The summed E-state index contributed by atoms with van der Waals surface area (Å²) in [6.07, 6.45) is 1.70. The van der Waals surface area contributed by atoms with E-state index in [-0.39, 0.29) is 18.2 Å². The van der Waals surface area contributed by atoms with Gasteiger partial charge in [-0.25, -0.2) is 0 Å². The second-order valence-electron chi connectivity index (χ2n) is 4.13. The van der Waals surface area contributed by atoms with Gasteiger partial charge in [0.05, 0.1) is 0 Å². The summed E-state index contributed by atoms with van der Waals surface area (Å²) in [4.78, 5) is 22.9. The van der Waals surface area contributed by atoms with Gasteiger partial charge in [-0.2, -0.15) is 0 Å². The summed E-state index contributed by atoms with van der Waals surface area (Å²) in [5, 5.41) is 5.37. The molecule has 1 aromatic rings. The first kappa shape index (κ1) is 14.2. The molecule has 0 spiro atoms. The minimum Gasteiger partial charge on any atom is -0.356 e. The fourth-order valence-corrected chi connectivity index (χ4v) is 1.50. The standard InChI is InChI=1S/C14H20N2O2/c1-3-9-15-13(17)10-14(18)16-12-7-5-11(4-2)6-8-12/h5-8H,3-4,9-10H2,1-2H3,(H,15,17)(H,16,18). The van der Waals surface area contributed by atoms with Crippen LogP contribution in [-0.2, 0) is 16.0 Å². The number of rotatable bonds is 6. The molecule has 0 atom stereocenters. The van der Waals surface area contributed by atoms with Crippen molar-refractivity contribution < 1.29 is 9.59 Å². The first-order valence-electron chi connectivity index (χ1n) is 6.31. The van der Waals surface area contributed by atoms with Crippen molar-refractivity contribution in [2.75, 3.05) is 11.9 Å². The summed E-state index contributed by atoms with van der Waals surface area (Å²) in [5.41, 5.74) is 1.94. The van der Waals surface area contributed by atoms with Crippen LogP contribution < -0.4 is 10.6 Å². The van der Waals surface area contributed by atoms with Gasteiger partial charge >= 0.3 is 0 Å². The zero-order valence-electron chi connectivity index (χ0n) is 11.0. The normalized spacial score (nSPS) is 9.89. The number of hydrogen-bond donors (Lipinski definition) is 2. The Bertz CT molecular complexity index is 399. The zero-order chi connectivity index (χ0) is 13.4. The number of carbonyl (C=O) groups is 2. The molecule has 4 heteroatoms. The fourth-order valence-electron chi connectivity index (χ4n) is 1.50. The van der Waals surface area contributed by atoms with E-state index in [1.54, 1.807) is 0 Å². The number of hydrogen-bond acceptors (Lipinski definition) is 2. The van der Waals surface area contributed by atoms with Crippen molar-refractivity contribution >= 4 is 17.5 Å². The molecule has 0 aliphatic rings. The van der Waals surface area contributed by atoms with Gasteiger partial charge in [0, 0.05) is 12.2 Å². The van der Waals surface area contributed by atoms with Gasteiger partial charge < -0.3 is 10.6 Å². The number of nitrogens with one attached hydrogen (secondary N) is 2. The predicted octanol–water partition coefficient (Wildman–Crippen LogP) is 2.10. The van der Waals surface area contributed by atoms with Gasteiger partial charge in [-0.15, -0.1) is 0 Å². The van der Waals surface area contributed by atoms with Gasteiger partial charge in [0.2, 0.25) is 11.8 Å². The summed E-state index contributed by atoms with van der Waals surface area (Å²) in [5.74, 6) is -0.521. The Morgan fingerprint density at radius 2 is 1.72 bits per heavy atom. The highest BCUT2D eigenvalue weighted by Gasteiger charge is 2.08. The van der Waals surface area contributed by atoms with Crippen LogP contribution >= 0.6 is 0 Å². The van der Waals surface area contributed by atoms with Gasteiger partial charge in [0.15, 0.2) is 0 Å². The van der Waals surface area contributed by atoms with Crippen molar-refractivity contribution in [3.05, 3.63) is 29.8 Å². The highest BCUT2D eigenvalue weighted by molar-refractivity contribution is 6.03. The number of aryl methyl sites for hydroxylation is 1. The molecule has 18 heavy (non-hydrogen) atoms. The van der Waals surface area contributed by atoms with E-state index in [1.807, 2.05) is 31.2 Å². The molecule has 0 saturated heterocycles. The molecule has 0 bridgehead atoms. The number of benzene rings is 1. The third-order valence-electron chi connectivity index (χ3n) is 2.54. The van der Waals surface area contributed by atoms with Crippen LogP contribution in [0.15, 0.2) is 24.3 Å². The SMILES string of the molecule is CCCNC(=O)CC(=O)Nc1ccc(CC)cc1. The average Bonchev–Trinajstić information content (AvgIpc) is 2.37. The largest absolute Gasteiger partial charge is 0.356 e. The maximum Gasteiger partial charge on any atom is 0.233 e. The van der Waals surface area contributed by atoms with Gasteiger partial charge in [0.25, 0.3) is 0 Å². The first-order valence-corrected chi connectivity index (χ1v) is 6.31. The smallest absolute Gasteiger partial charge is 0.233 e. The van der Waals surface area contributed by atoms with Gasteiger partial charge in [-0.05, 0) is 30.5 Å².